The van der Waals surface area contributed by atoms with Crippen LogP contribution in [0.5, 0.6) is 17.2 Å². The van der Waals surface area contributed by atoms with Crippen molar-refractivity contribution in [2.75, 3.05) is 87.7 Å². The van der Waals surface area contributed by atoms with Gasteiger partial charge in [0.15, 0.2) is 11.4 Å². The van der Waals surface area contributed by atoms with Crippen molar-refractivity contribution in [1.82, 2.24) is 24.5 Å². The number of nitro groups is 1. The van der Waals surface area contributed by atoms with E-state index in [9.17, 15) is 27.5 Å². The number of sulfonamides is 1. The highest BCUT2D eigenvalue weighted by Gasteiger charge is 2.34. The number of hydrogen-bond acceptors (Lipinski definition) is 14. The number of hydrogen-bond donors (Lipinski definition) is 3. The number of allylic oxidation sites excluding steroid dienone is 1. The molecule has 1 amide bonds. The molecule has 0 unspecified atom stereocenters. The molecule has 17 nitrogen and oxygen atoms in total. The van der Waals surface area contributed by atoms with E-state index in [0.717, 1.165) is 61.1 Å². The molecule has 360 valence electrons. The van der Waals surface area contributed by atoms with Gasteiger partial charge in [0.1, 0.15) is 23.8 Å². The lowest BCUT2D eigenvalue weighted by molar-refractivity contribution is -0.384. The molecule has 4 aliphatic rings. The largest absolute Gasteiger partial charge is 0.489 e. The summed E-state index contributed by atoms with van der Waals surface area (Å²) in [6.45, 7) is 10.6. The number of pyridine rings is 1. The van der Waals surface area contributed by atoms with Gasteiger partial charge in [-0.2, -0.15) is 0 Å². The molecule has 9 rings (SSSR count). The molecule has 0 radical (unpaired) electrons. The second-order valence-electron chi connectivity index (χ2n) is 18.7. The fourth-order valence-electron chi connectivity index (χ4n) is 9.44. The number of nitrogens with one attached hydrogen (secondary N) is 3. The number of benzene rings is 3. The Labute approximate surface area is 401 Å². The Bertz CT molecular complexity index is 3000. The summed E-state index contributed by atoms with van der Waals surface area (Å²) in [4.78, 5) is 39.7. The van der Waals surface area contributed by atoms with Crippen molar-refractivity contribution in [1.29, 1.82) is 0 Å². The number of ether oxygens (including phenoxy) is 2. The number of carbonyl (C=O) groups excluding carboxylic acids is 1. The number of nitro benzene ring substituents is 1. The van der Waals surface area contributed by atoms with Crippen LogP contribution >= 0.6 is 11.6 Å². The van der Waals surface area contributed by atoms with E-state index in [2.05, 4.69) is 65.0 Å². The minimum absolute atomic E-state index is 0.0203. The highest BCUT2D eigenvalue weighted by Crippen LogP contribution is 2.44. The summed E-state index contributed by atoms with van der Waals surface area (Å²) in [7, 11) is -5.26. The molecule has 0 saturated carbocycles. The van der Waals surface area contributed by atoms with E-state index < -0.39 is 41.2 Å². The maximum absolute atomic E-state index is 14.1. The number of anilines is 2. The van der Waals surface area contributed by atoms with Crippen LogP contribution in [0.2, 0.25) is 5.02 Å². The number of halogens is 1. The number of aromatic nitrogens is 2. The summed E-state index contributed by atoms with van der Waals surface area (Å²) in [5, 5.41) is 17.1. The zero-order chi connectivity index (χ0) is 47.8. The highest BCUT2D eigenvalue weighted by molar-refractivity contribution is 7.93. The number of carbonyl (C=O) groups is 1. The predicted molar refractivity (Wildman–Crippen MR) is 265 cm³/mol. The van der Waals surface area contributed by atoms with Gasteiger partial charge in [-0.1, -0.05) is 43.2 Å². The molecule has 5 aromatic rings. The first-order chi connectivity index (χ1) is 32.5. The van der Waals surface area contributed by atoms with Crippen molar-refractivity contribution in [2.45, 2.75) is 50.5 Å². The lowest BCUT2D eigenvalue weighted by Crippen LogP contribution is -2.47. The molecular weight excluding hydrogens is 930 g/mol. The lowest BCUT2D eigenvalue weighted by Gasteiger charge is -2.39. The zero-order valence-electron chi connectivity index (χ0n) is 38.3. The van der Waals surface area contributed by atoms with Gasteiger partial charge in [-0.3, -0.25) is 19.8 Å². The minimum atomic E-state index is -4.68. The summed E-state index contributed by atoms with van der Waals surface area (Å²) in [5.41, 5.74) is 5.21. The monoisotopic (exact) mass is 985 g/mol. The van der Waals surface area contributed by atoms with Crippen molar-refractivity contribution in [3.05, 3.63) is 111 Å². The van der Waals surface area contributed by atoms with Crippen LogP contribution in [0.15, 0.2) is 94.0 Å². The molecule has 2 saturated heterocycles. The number of amides is 1. The molecular formula is C48H56ClN9O8S2. The number of piperazine rings is 1. The maximum atomic E-state index is 14.1. The Morgan fingerprint density at radius 3 is 2.54 bits per heavy atom. The molecule has 2 aromatic heterocycles. The Hall–Kier alpha value is -5.73. The molecule has 5 heterocycles. The van der Waals surface area contributed by atoms with Gasteiger partial charge in [-0.25, -0.2) is 26.7 Å². The van der Waals surface area contributed by atoms with E-state index in [0.29, 0.717) is 62.0 Å². The van der Waals surface area contributed by atoms with Gasteiger partial charge in [0.2, 0.25) is 0 Å². The minimum Gasteiger partial charge on any atom is -0.489 e. The average Bonchev–Trinajstić information content (AvgIpc) is 3.80. The summed E-state index contributed by atoms with van der Waals surface area (Å²) in [6, 6.07) is 18.6. The van der Waals surface area contributed by atoms with Crippen LogP contribution in [0.25, 0.3) is 16.6 Å². The lowest BCUT2D eigenvalue weighted by atomic mass is 9.72. The van der Waals surface area contributed by atoms with E-state index in [1.165, 1.54) is 35.0 Å². The average molecular weight is 987 g/mol. The third-order valence-corrected chi connectivity index (χ3v) is 17.4. The standard InChI is InChI=1S/C48H56ClN9O8S2/c1-48(2)13-10-34(41(28-48)32-4-6-35(49)7-5-32)30-56-16-18-57(19-17-56)37-8-9-40(43(25-37)66-38-24-33-11-14-51-46(33)52-29-38)47(59)54-68(63,64)39-26-42(58(60)61)45-44(27-39)65-31-36(53-45)12-15-55-20-22-67(62,50-3)23-21-55/h4-9,11,14,24-27,29,36,53H,10,12-13,15-23,28,30-31H2,1-3H3,(H,51,52)(H,54,59)/t36-/m1/s1. The normalized spacial score (nSPS) is 19.7. The van der Waals surface area contributed by atoms with Gasteiger partial charge in [-0.05, 0) is 78.6 Å². The summed E-state index contributed by atoms with van der Waals surface area (Å²) in [6.07, 6.45) is 7.01. The summed E-state index contributed by atoms with van der Waals surface area (Å²) in [5.74, 6) is 0.405. The number of rotatable bonds is 13. The zero-order valence-corrected chi connectivity index (χ0v) is 40.7. The molecule has 68 heavy (non-hydrogen) atoms. The number of aromatic amines is 1. The van der Waals surface area contributed by atoms with Gasteiger partial charge in [0.25, 0.3) is 21.6 Å². The van der Waals surface area contributed by atoms with Gasteiger partial charge in [0.05, 0.1) is 27.6 Å². The van der Waals surface area contributed by atoms with Crippen molar-refractivity contribution in [3.63, 3.8) is 0 Å². The van der Waals surface area contributed by atoms with Gasteiger partial charge < -0.3 is 29.6 Å². The van der Waals surface area contributed by atoms with E-state index in [1.54, 1.807) is 31.4 Å². The highest BCUT2D eigenvalue weighted by atomic mass is 35.5. The first-order valence-corrected chi connectivity index (χ1v) is 26.6. The van der Waals surface area contributed by atoms with Crippen molar-refractivity contribution in [3.8, 4) is 17.2 Å². The van der Waals surface area contributed by atoms with Crippen molar-refractivity contribution < 1.29 is 31.8 Å². The second kappa shape index (κ2) is 19.3. The van der Waals surface area contributed by atoms with Gasteiger partial charge in [-0.15, -0.1) is 0 Å². The van der Waals surface area contributed by atoms with Crippen LogP contribution in [0.3, 0.4) is 0 Å². The van der Waals surface area contributed by atoms with Gasteiger partial charge >= 0.3 is 0 Å². The van der Waals surface area contributed by atoms with Crippen molar-refractivity contribution in [2.24, 2.45) is 9.78 Å². The van der Waals surface area contributed by atoms with Gasteiger partial charge in [0, 0.05) is 121 Å². The molecule has 20 heteroatoms. The molecule has 0 bridgehead atoms. The summed E-state index contributed by atoms with van der Waals surface area (Å²) >= 11 is 6.25. The molecule has 3 aliphatic heterocycles. The first kappa shape index (κ1) is 47.3. The first-order valence-electron chi connectivity index (χ1n) is 22.8. The number of nitrogens with zero attached hydrogens (tertiary/aromatic N) is 6. The van der Waals surface area contributed by atoms with Crippen LogP contribution in [0.1, 0.15) is 55.5 Å². The van der Waals surface area contributed by atoms with Crippen molar-refractivity contribution >= 4 is 70.9 Å². The molecule has 1 aliphatic carbocycles. The fraction of sp³-hybridized carbons (Fsp3) is 0.417. The number of fused-ring (bicyclic) bond motifs is 2. The maximum Gasteiger partial charge on any atom is 0.297 e. The predicted octanol–water partition coefficient (Wildman–Crippen LogP) is 7.80. The van der Waals surface area contributed by atoms with Crippen LogP contribution in [0, 0.1) is 15.5 Å². The second-order valence-corrected chi connectivity index (χ2v) is 23.6. The molecule has 0 spiro atoms. The third kappa shape index (κ3) is 10.6. The fourth-order valence-corrected chi connectivity index (χ4v) is 12.2. The molecule has 3 aromatic carbocycles. The Morgan fingerprint density at radius 2 is 1.81 bits per heavy atom. The Balaban J connectivity index is 0.914. The van der Waals surface area contributed by atoms with E-state index >= 15 is 0 Å². The SMILES string of the molecule is CN=S1(=O)CCN(CC[C@@H]2COc3cc(S(=O)(=O)NC(=O)c4ccc(N5CCN(CC6=C(c7ccc(Cl)cc7)CC(C)(C)CC6)CC5)cc4Oc4cnc5[nH]ccc5c4)cc([N+](=O)[O-])c3N2)CC1. The molecule has 1 atom stereocenters. The van der Waals surface area contributed by atoms with E-state index in [-0.39, 0.29) is 40.8 Å². The third-order valence-electron chi connectivity index (χ3n) is 13.5. The van der Waals surface area contributed by atoms with Crippen LogP contribution in [-0.4, -0.2) is 127 Å². The Morgan fingerprint density at radius 1 is 1.04 bits per heavy atom. The van der Waals surface area contributed by atoms with E-state index in [1.807, 2.05) is 18.2 Å². The molecule has 3 N–H and O–H groups in total. The molecule has 2 fully saturated rings. The van der Waals surface area contributed by atoms with E-state index in [4.69, 9.17) is 21.1 Å². The van der Waals surface area contributed by atoms with Crippen LogP contribution < -0.4 is 24.4 Å². The smallest absolute Gasteiger partial charge is 0.297 e. The Kier molecular flexibility index (Phi) is 13.5. The number of H-pyrrole nitrogens is 1. The topological polar surface area (TPSA) is 205 Å². The quantitative estimate of drug-likeness (QED) is 0.0762. The summed E-state index contributed by atoms with van der Waals surface area (Å²) < 4.78 is 59.0. The van der Waals surface area contributed by atoms with Crippen LogP contribution in [0.4, 0.5) is 17.1 Å². The van der Waals surface area contributed by atoms with Crippen LogP contribution in [-0.2, 0) is 19.8 Å².